The molecule has 1 heterocycles. The molecule has 2 rings (SSSR count). The number of nitrogens with zero attached hydrogens (tertiary/aromatic N) is 3. The van der Waals surface area contributed by atoms with E-state index in [1.54, 1.807) is 11.6 Å². The first-order valence-corrected chi connectivity index (χ1v) is 5.20. The Kier molecular flexibility index (Phi) is 2.82. The SMILES string of the molecule is Cc1cccc(-c2cn(C)c(/C(N)=N/O)n2)c1. The van der Waals surface area contributed by atoms with Gasteiger partial charge in [-0.15, -0.1) is 0 Å². The van der Waals surface area contributed by atoms with Crippen molar-refractivity contribution in [1.29, 1.82) is 0 Å². The minimum Gasteiger partial charge on any atom is -0.409 e. The molecule has 1 aromatic heterocycles. The maximum Gasteiger partial charge on any atom is 0.206 e. The van der Waals surface area contributed by atoms with Crippen molar-refractivity contribution in [2.24, 2.45) is 17.9 Å². The maximum absolute atomic E-state index is 8.65. The highest BCUT2D eigenvalue weighted by atomic mass is 16.4. The van der Waals surface area contributed by atoms with Crippen molar-refractivity contribution in [2.45, 2.75) is 6.92 Å². The van der Waals surface area contributed by atoms with Gasteiger partial charge >= 0.3 is 0 Å². The van der Waals surface area contributed by atoms with Crippen molar-refractivity contribution >= 4 is 5.84 Å². The molecule has 88 valence electrons. The summed E-state index contributed by atoms with van der Waals surface area (Å²) < 4.78 is 1.73. The molecule has 0 bridgehead atoms. The van der Waals surface area contributed by atoms with Gasteiger partial charge < -0.3 is 15.5 Å². The van der Waals surface area contributed by atoms with Crippen LogP contribution >= 0.6 is 0 Å². The van der Waals surface area contributed by atoms with Crippen molar-refractivity contribution in [1.82, 2.24) is 9.55 Å². The van der Waals surface area contributed by atoms with Crippen LogP contribution in [0.3, 0.4) is 0 Å². The van der Waals surface area contributed by atoms with Crippen LogP contribution in [-0.2, 0) is 7.05 Å². The fourth-order valence-electron chi connectivity index (χ4n) is 1.69. The number of nitrogens with two attached hydrogens (primary N) is 1. The van der Waals surface area contributed by atoms with E-state index in [1.807, 2.05) is 37.4 Å². The Bertz CT molecular complexity index is 572. The lowest BCUT2D eigenvalue weighted by molar-refractivity contribution is 0.318. The summed E-state index contributed by atoms with van der Waals surface area (Å²) in [6.07, 6.45) is 1.85. The van der Waals surface area contributed by atoms with Crippen molar-refractivity contribution < 1.29 is 5.21 Å². The number of aryl methyl sites for hydroxylation is 2. The smallest absolute Gasteiger partial charge is 0.206 e. The van der Waals surface area contributed by atoms with Crippen molar-refractivity contribution in [2.75, 3.05) is 0 Å². The second-order valence-corrected chi connectivity index (χ2v) is 3.92. The van der Waals surface area contributed by atoms with E-state index in [0.29, 0.717) is 5.82 Å². The average molecular weight is 230 g/mol. The normalized spacial score (nSPS) is 11.8. The molecule has 0 unspecified atom stereocenters. The lowest BCUT2D eigenvalue weighted by Crippen LogP contribution is -2.18. The Labute approximate surface area is 99.2 Å². The van der Waals surface area contributed by atoms with Gasteiger partial charge in [0, 0.05) is 18.8 Å². The number of rotatable bonds is 2. The third kappa shape index (κ3) is 2.13. The first-order chi connectivity index (χ1) is 8.11. The van der Waals surface area contributed by atoms with Gasteiger partial charge in [0.1, 0.15) is 0 Å². The standard InChI is InChI=1S/C12H14N4O/c1-8-4-3-5-9(6-8)10-7-16(2)12(14-10)11(13)15-17/h3-7,17H,1-2H3,(H2,13,15). The summed E-state index contributed by atoms with van der Waals surface area (Å²) in [5.41, 5.74) is 8.51. The van der Waals surface area contributed by atoms with Crippen LogP contribution in [0.5, 0.6) is 0 Å². The van der Waals surface area contributed by atoms with Crippen LogP contribution in [0.4, 0.5) is 0 Å². The third-order valence-electron chi connectivity index (χ3n) is 2.53. The molecule has 3 N–H and O–H groups in total. The van der Waals surface area contributed by atoms with Crippen molar-refractivity contribution in [3.63, 3.8) is 0 Å². The Hall–Kier alpha value is -2.30. The lowest BCUT2D eigenvalue weighted by atomic mass is 10.1. The number of benzene rings is 1. The summed E-state index contributed by atoms with van der Waals surface area (Å²) in [5, 5.41) is 11.6. The third-order valence-corrected chi connectivity index (χ3v) is 2.53. The Morgan fingerprint density at radius 1 is 1.47 bits per heavy atom. The minimum absolute atomic E-state index is 0.00593. The van der Waals surface area contributed by atoms with E-state index in [4.69, 9.17) is 10.9 Å². The molecule has 0 atom stereocenters. The highest BCUT2D eigenvalue weighted by Crippen LogP contribution is 2.19. The van der Waals surface area contributed by atoms with Crippen LogP contribution in [0.1, 0.15) is 11.4 Å². The van der Waals surface area contributed by atoms with Crippen LogP contribution in [-0.4, -0.2) is 20.6 Å². The van der Waals surface area contributed by atoms with Gasteiger partial charge in [-0.05, 0) is 13.0 Å². The van der Waals surface area contributed by atoms with Crippen LogP contribution < -0.4 is 5.73 Å². The first kappa shape index (κ1) is 11.2. The number of amidine groups is 1. The predicted octanol–water partition coefficient (Wildman–Crippen LogP) is 1.49. The molecule has 0 aliphatic rings. The van der Waals surface area contributed by atoms with Crippen LogP contribution in [0.2, 0.25) is 0 Å². The lowest BCUT2D eigenvalue weighted by Gasteiger charge is -1.97. The molecule has 0 spiro atoms. The van der Waals surface area contributed by atoms with E-state index in [0.717, 1.165) is 11.3 Å². The summed E-state index contributed by atoms with van der Waals surface area (Å²) in [6.45, 7) is 2.02. The molecule has 1 aromatic carbocycles. The second-order valence-electron chi connectivity index (χ2n) is 3.92. The number of hydrogen-bond acceptors (Lipinski definition) is 3. The molecular weight excluding hydrogens is 216 g/mol. The van der Waals surface area contributed by atoms with Gasteiger partial charge in [0.15, 0.2) is 5.82 Å². The van der Waals surface area contributed by atoms with Crippen molar-refractivity contribution in [3.8, 4) is 11.3 Å². The molecular formula is C12H14N4O. The molecule has 0 aliphatic carbocycles. The number of aromatic nitrogens is 2. The van der Waals surface area contributed by atoms with Crippen molar-refractivity contribution in [3.05, 3.63) is 41.9 Å². The van der Waals surface area contributed by atoms with Gasteiger partial charge in [-0.2, -0.15) is 0 Å². The van der Waals surface area contributed by atoms with E-state index in [1.165, 1.54) is 5.56 Å². The zero-order valence-corrected chi connectivity index (χ0v) is 9.75. The largest absolute Gasteiger partial charge is 0.409 e. The van der Waals surface area contributed by atoms with Gasteiger partial charge in [-0.25, -0.2) is 4.98 Å². The zero-order chi connectivity index (χ0) is 12.4. The molecule has 5 heteroatoms. The van der Waals surface area contributed by atoms with E-state index in [9.17, 15) is 0 Å². The van der Waals surface area contributed by atoms with E-state index >= 15 is 0 Å². The maximum atomic E-state index is 8.65. The van der Waals surface area contributed by atoms with Gasteiger partial charge in [0.05, 0.1) is 5.69 Å². The van der Waals surface area contributed by atoms with E-state index < -0.39 is 0 Å². The van der Waals surface area contributed by atoms with Crippen LogP contribution in [0.25, 0.3) is 11.3 Å². The zero-order valence-electron chi connectivity index (χ0n) is 9.75. The topological polar surface area (TPSA) is 76.4 Å². The van der Waals surface area contributed by atoms with Gasteiger partial charge in [0.2, 0.25) is 5.84 Å². The molecule has 0 saturated heterocycles. The molecule has 0 fully saturated rings. The summed E-state index contributed by atoms with van der Waals surface area (Å²) >= 11 is 0. The average Bonchev–Trinajstić information content (AvgIpc) is 2.70. The summed E-state index contributed by atoms with van der Waals surface area (Å²) in [6, 6.07) is 8.02. The highest BCUT2D eigenvalue weighted by Gasteiger charge is 2.10. The molecule has 2 aromatic rings. The fraction of sp³-hybridized carbons (Fsp3) is 0.167. The van der Waals surface area contributed by atoms with Gasteiger partial charge in [0.25, 0.3) is 0 Å². The van der Waals surface area contributed by atoms with E-state index in [2.05, 4.69) is 10.1 Å². The summed E-state index contributed by atoms with van der Waals surface area (Å²) in [4.78, 5) is 4.34. The summed E-state index contributed by atoms with van der Waals surface area (Å²) in [7, 11) is 1.81. The molecule has 0 amide bonds. The molecule has 0 aliphatic heterocycles. The molecule has 0 saturated carbocycles. The van der Waals surface area contributed by atoms with Gasteiger partial charge in [-0.3, -0.25) is 0 Å². The monoisotopic (exact) mass is 230 g/mol. The number of hydrogen-bond donors (Lipinski definition) is 2. The van der Waals surface area contributed by atoms with Crippen LogP contribution in [0.15, 0.2) is 35.6 Å². The van der Waals surface area contributed by atoms with Gasteiger partial charge in [-0.1, -0.05) is 28.9 Å². The number of oxime groups is 1. The highest BCUT2D eigenvalue weighted by molar-refractivity contribution is 5.94. The Morgan fingerprint density at radius 2 is 2.24 bits per heavy atom. The first-order valence-electron chi connectivity index (χ1n) is 5.20. The second kappa shape index (κ2) is 4.29. The summed E-state index contributed by atoms with van der Waals surface area (Å²) in [5.74, 6) is 0.454. The Morgan fingerprint density at radius 3 is 2.88 bits per heavy atom. The quantitative estimate of drug-likeness (QED) is 0.355. The minimum atomic E-state index is 0.00593. The number of imidazole rings is 1. The molecule has 17 heavy (non-hydrogen) atoms. The van der Waals surface area contributed by atoms with Crippen LogP contribution in [0, 0.1) is 6.92 Å². The fourth-order valence-corrected chi connectivity index (χ4v) is 1.69. The Balaban J connectivity index is 2.48. The predicted molar refractivity (Wildman–Crippen MR) is 65.9 cm³/mol. The van der Waals surface area contributed by atoms with E-state index in [-0.39, 0.29) is 5.84 Å². The molecule has 5 nitrogen and oxygen atoms in total. The molecule has 0 radical (unpaired) electrons.